The normalized spacial score (nSPS) is 24.8. The minimum Gasteiger partial charge on any atom is -0.368 e. The van der Waals surface area contributed by atoms with Crippen molar-refractivity contribution in [1.29, 1.82) is 0 Å². The summed E-state index contributed by atoms with van der Waals surface area (Å²) in [6, 6.07) is -0.284. The monoisotopic (exact) mass is 159 g/mol. The number of hydrogen-bond acceptors (Lipinski definition) is 2. The van der Waals surface area contributed by atoms with Crippen LogP contribution in [0.4, 0.5) is 0 Å². The summed E-state index contributed by atoms with van der Waals surface area (Å²) >= 11 is 4.77. The molecule has 1 heterocycles. The molecular formula is C5H9N3OS. The summed E-state index contributed by atoms with van der Waals surface area (Å²) in [6.45, 7) is 0.722. The molecule has 1 rings (SSSR count). The first-order chi connectivity index (χ1) is 4.70. The molecule has 1 unspecified atom stereocenters. The van der Waals surface area contributed by atoms with E-state index in [0.29, 0.717) is 11.5 Å². The van der Waals surface area contributed by atoms with Crippen LogP contribution in [0.1, 0.15) is 6.42 Å². The maximum Gasteiger partial charge on any atom is 0.240 e. The van der Waals surface area contributed by atoms with Crippen LogP contribution in [0, 0.1) is 0 Å². The van der Waals surface area contributed by atoms with Crippen molar-refractivity contribution in [2.45, 2.75) is 12.5 Å². The molecule has 0 bridgehead atoms. The van der Waals surface area contributed by atoms with Gasteiger partial charge < -0.3 is 16.4 Å². The molecule has 0 aromatic heterocycles. The van der Waals surface area contributed by atoms with E-state index in [4.69, 9.17) is 18.0 Å². The SMILES string of the molecule is NC(=O)C1CCNC(=S)N1. The number of carbonyl (C=O) groups is 1. The standard InChI is InChI=1S/C5H9N3OS/c6-4(9)3-1-2-7-5(10)8-3/h3H,1-2H2,(H2,6,9)(H2,7,8,10). The smallest absolute Gasteiger partial charge is 0.240 e. The average molecular weight is 159 g/mol. The number of thiocarbonyl (C=S) groups is 1. The molecule has 10 heavy (non-hydrogen) atoms. The number of amides is 1. The zero-order valence-electron chi connectivity index (χ0n) is 5.39. The third-order valence-corrected chi connectivity index (χ3v) is 1.63. The van der Waals surface area contributed by atoms with E-state index in [-0.39, 0.29) is 11.9 Å². The predicted molar refractivity (Wildman–Crippen MR) is 41.3 cm³/mol. The van der Waals surface area contributed by atoms with Crippen molar-refractivity contribution < 1.29 is 4.79 Å². The van der Waals surface area contributed by atoms with Crippen LogP contribution in [0.5, 0.6) is 0 Å². The Hall–Kier alpha value is -0.840. The maximum atomic E-state index is 10.6. The summed E-state index contributed by atoms with van der Waals surface area (Å²) in [5.41, 5.74) is 5.04. The maximum absolute atomic E-state index is 10.6. The lowest BCUT2D eigenvalue weighted by molar-refractivity contribution is -0.119. The van der Waals surface area contributed by atoms with Gasteiger partial charge in [-0.25, -0.2) is 0 Å². The molecule has 4 N–H and O–H groups in total. The van der Waals surface area contributed by atoms with Crippen LogP contribution in [-0.4, -0.2) is 23.6 Å². The highest BCUT2D eigenvalue weighted by molar-refractivity contribution is 7.80. The lowest BCUT2D eigenvalue weighted by Crippen LogP contribution is -2.54. The molecule has 1 amide bonds. The highest BCUT2D eigenvalue weighted by Gasteiger charge is 2.19. The second-order valence-electron chi connectivity index (χ2n) is 2.14. The number of nitrogens with two attached hydrogens (primary N) is 1. The van der Waals surface area contributed by atoms with Gasteiger partial charge in [-0.3, -0.25) is 4.79 Å². The highest BCUT2D eigenvalue weighted by Crippen LogP contribution is 1.94. The Balaban J connectivity index is 2.47. The molecule has 5 heteroatoms. The second kappa shape index (κ2) is 2.83. The van der Waals surface area contributed by atoms with Gasteiger partial charge in [-0.2, -0.15) is 0 Å². The van der Waals surface area contributed by atoms with Crippen LogP contribution in [0.3, 0.4) is 0 Å². The summed E-state index contributed by atoms with van der Waals surface area (Å²) in [4.78, 5) is 10.6. The Bertz CT molecular complexity index is 168. The Morgan fingerprint density at radius 1 is 1.80 bits per heavy atom. The van der Waals surface area contributed by atoms with Crippen molar-refractivity contribution in [3.05, 3.63) is 0 Å². The van der Waals surface area contributed by atoms with Gasteiger partial charge in [0, 0.05) is 6.54 Å². The van der Waals surface area contributed by atoms with Gasteiger partial charge in [0.2, 0.25) is 5.91 Å². The Labute approximate surface area is 64.2 Å². The molecule has 0 saturated carbocycles. The summed E-state index contributed by atoms with van der Waals surface area (Å²) in [5.74, 6) is -0.344. The lowest BCUT2D eigenvalue weighted by Gasteiger charge is -2.23. The van der Waals surface area contributed by atoms with Gasteiger partial charge in [0.25, 0.3) is 0 Å². The van der Waals surface area contributed by atoms with Crippen molar-refractivity contribution >= 4 is 23.2 Å². The number of rotatable bonds is 1. The Kier molecular flexibility index (Phi) is 2.06. The van der Waals surface area contributed by atoms with Gasteiger partial charge in [0.05, 0.1) is 0 Å². The molecule has 0 spiro atoms. The summed E-state index contributed by atoms with van der Waals surface area (Å²) < 4.78 is 0. The number of nitrogens with one attached hydrogen (secondary N) is 2. The average Bonchev–Trinajstić information content (AvgIpc) is 1.88. The first kappa shape index (κ1) is 7.27. The van der Waals surface area contributed by atoms with E-state index in [1.54, 1.807) is 0 Å². The highest BCUT2D eigenvalue weighted by atomic mass is 32.1. The first-order valence-electron chi connectivity index (χ1n) is 3.04. The Morgan fingerprint density at radius 2 is 2.50 bits per heavy atom. The zero-order valence-corrected chi connectivity index (χ0v) is 6.20. The second-order valence-corrected chi connectivity index (χ2v) is 2.55. The molecule has 1 aliphatic rings. The number of carbonyl (C=O) groups excluding carboxylic acids is 1. The van der Waals surface area contributed by atoms with Crippen molar-refractivity contribution in [3.63, 3.8) is 0 Å². The van der Waals surface area contributed by atoms with Gasteiger partial charge in [0.1, 0.15) is 6.04 Å². The quantitative estimate of drug-likeness (QED) is 0.416. The molecule has 0 aromatic rings. The van der Waals surface area contributed by atoms with Crippen LogP contribution in [0.2, 0.25) is 0 Å². The fourth-order valence-electron chi connectivity index (χ4n) is 0.825. The molecule has 0 radical (unpaired) electrons. The summed E-state index contributed by atoms with van der Waals surface area (Å²) in [5, 5.41) is 6.15. The molecule has 4 nitrogen and oxygen atoms in total. The number of hydrogen-bond donors (Lipinski definition) is 3. The van der Waals surface area contributed by atoms with E-state index in [1.807, 2.05) is 0 Å². The topological polar surface area (TPSA) is 67.2 Å². The Morgan fingerprint density at radius 3 is 2.90 bits per heavy atom. The van der Waals surface area contributed by atoms with E-state index in [9.17, 15) is 4.79 Å². The van der Waals surface area contributed by atoms with Gasteiger partial charge in [-0.1, -0.05) is 0 Å². The first-order valence-corrected chi connectivity index (χ1v) is 3.44. The van der Waals surface area contributed by atoms with E-state index in [1.165, 1.54) is 0 Å². The predicted octanol–water partition coefficient (Wildman–Crippen LogP) is -1.29. The fourth-order valence-corrected chi connectivity index (χ4v) is 1.07. The van der Waals surface area contributed by atoms with E-state index in [2.05, 4.69) is 10.6 Å². The van der Waals surface area contributed by atoms with Crippen LogP contribution < -0.4 is 16.4 Å². The van der Waals surface area contributed by atoms with Crippen molar-refractivity contribution in [2.24, 2.45) is 5.73 Å². The van der Waals surface area contributed by atoms with E-state index < -0.39 is 0 Å². The fraction of sp³-hybridized carbons (Fsp3) is 0.600. The van der Waals surface area contributed by atoms with Crippen LogP contribution in [0.15, 0.2) is 0 Å². The van der Waals surface area contributed by atoms with Crippen LogP contribution >= 0.6 is 12.2 Å². The third kappa shape index (κ3) is 1.57. The van der Waals surface area contributed by atoms with Crippen molar-refractivity contribution in [3.8, 4) is 0 Å². The van der Waals surface area contributed by atoms with Crippen molar-refractivity contribution in [1.82, 2.24) is 10.6 Å². The van der Waals surface area contributed by atoms with E-state index >= 15 is 0 Å². The molecule has 1 saturated heterocycles. The van der Waals surface area contributed by atoms with Crippen LogP contribution in [-0.2, 0) is 4.79 Å². The third-order valence-electron chi connectivity index (χ3n) is 1.37. The van der Waals surface area contributed by atoms with E-state index in [0.717, 1.165) is 6.54 Å². The summed E-state index contributed by atoms with van der Waals surface area (Å²) in [7, 11) is 0. The molecule has 0 aliphatic carbocycles. The zero-order chi connectivity index (χ0) is 7.56. The molecular weight excluding hydrogens is 150 g/mol. The molecule has 0 aromatic carbocycles. The van der Waals surface area contributed by atoms with Gasteiger partial charge in [-0.15, -0.1) is 0 Å². The molecule has 1 fully saturated rings. The summed E-state index contributed by atoms with van der Waals surface area (Å²) in [6.07, 6.45) is 0.704. The molecule has 1 atom stereocenters. The molecule has 56 valence electrons. The van der Waals surface area contributed by atoms with Crippen LogP contribution in [0.25, 0.3) is 0 Å². The lowest BCUT2D eigenvalue weighted by atomic mass is 10.2. The minimum absolute atomic E-state index is 0.284. The number of primary amides is 1. The van der Waals surface area contributed by atoms with Gasteiger partial charge in [0.15, 0.2) is 5.11 Å². The largest absolute Gasteiger partial charge is 0.368 e. The van der Waals surface area contributed by atoms with Gasteiger partial charge >= 0.3 is 0 Å². The van der Waals surface area contributed by atoms with Crippen molar-refractivity contribution in [2.75, 3.05) is 6.54 Å². The minimum atomic E-state index is -0.344. The molecule has 1 aliphatic heterocycles. The van der Waals surface area contributed by atoms with Gasteiger partial charge in [-0.05, 0) is 18.6 Å².